The molecule has 2 aromatic rings. The Morgan fingerprint density at radius 3 is 2.84 bits per heavy atom. The third-order valence-corrected chi connectivity index (χ3v) is 4.03. The normalized spacial score (nSPS) is 16.0. The summed E-state index contributed by atoms with van der Waals surface area (Å²) in [4.78, 5) is 23.6. The van der Waals surface area contributed by atoms with Crippen LogP contribution in [0.2, 0.25) is 0 Å². The second-order valence-corrected chi connectivity index (χ2v) is 6.12. The fraction of sp³-hybridized carbons (Fsp3) is 0.316. The minimum Gasteiger partial charge on any atom is -0.456 e. The molecule has 1 aromatic carbocycles. The van der Waals surface area contributed by atoms with Gasteiger partial charge in [0.25, 0.3) is 5.91 Å². The van der Waals surface area contributed by atoms with Gasteiger partial charge >= 0.3 is 5.97 Å². The highest BCUT2D eigenvalue weighted by Gasteiger charge is 2.16. The van der Waals surface area contributed by atoms with Crippen LogP contribution in [-0.4, -0.2) is 23.6 Å². The highest BCUT2D eigenvalue weighted by molar-refractivity contribution is 5.92. The van der Waals surface area contributed by atoms with E-state index in [1.807, 2.05) is 37.3 Å². The van der Waals surface area contributed by atoms with Gasteiger partial charge in [-0.25, -0.2) is 0 Å². The summed E-state index contributed by atoms with van der Waals surface area (Å²) in [5, 5.41) is 6.46. The Morgan fingerprint density at radius 2 is 2.12 bits per heavy atom. The first-order chi connectivity index (χ1) is 12.1. The fourth-order valence-electron chi connectivity index (χ4n) is 2.65. The van der Waals surface area contributed by atoms with Crippen LogP contribution in [0.5, 0.6) is 0 Å². The zero-order valence-electron chi connectivity index (χ0n) is 14.0. The summed E-state index contributed by atoms with van der Waals surface area (Å²) in [6.07, 6.45) is 6.33. The molecule has 0 spiro atoms. The maximum atomic E-state index is 11.9. The van der Waals surface area contributed by atoms with Crippen molar-refractivity contribution in [1.82, 2.24) is 5.16 Å². The lowest BCUT2D eigenvalue weighted by Gasteiger charge is -2.07. The van der Waals surface area contributed by atoms with Gasteiger partial charge in [0.05, 0.1) is 6.42 Å². The van der Waals surface area contributed by atoms with E-state index >= 15 is 0 Å². The topological polar surface area (TPSA) is 81.4 Å². The van der Waals surface area contributed by atoms with Crippen molar-refractivity contribution in [3.8, 4) is 11.3 Å². The quantitative estimate of drug-likeness (QED) is 0.643. The average molecular weight is 340 g/mol. The van der Waals surface area contributed by atoms with E-state index in [2.05, 4.69) is 16.5 Å². The summed E-state index contributed by atoms with van der Waals surface area (Å²) >= 11 is 0. The predicted octanol–water partition coefficient (Wildman–Crippen LogP) is 3.49. The van der Waals surface area contributed by atoms with E-state index < -0.39 is 5.91 Å². The number of aromatic nitrogens is 1. The SMILES string of the molecule is Cc1ccc(-c2cc(NC(=O)COC(=O)C[C@@H]3C=CCC3)on2)cc1. The van der Waals surface area contributed by atoms with Gasteiger partial charge < -0.3 is 9.26 Å². The summed E-state index contributed by atoms with van der Waals surface area (Å²) in [6, 6.07) is 9.44. The van der Waals surface area contributed by atoms with Crippen molar-refractivity contribution in [3.05, 3.63) is 48.0 Å². The Labute approximate surface area is 145 Å². The molecule has 1 aliphatic carbocycles. The van der Waals surface area contributed by atoms with E-state index in [-0.39, 0.29) is 24.4 Å². The number of anilines is 1. The van der Waals surface area contributed by atoms with Gasteiger partial charge in [-0.2, -0.15) is 0 Å². The summed E-state index contributed by atoms with van der Waals surface area (Å²) in [5.74, 6) is -0.385. The van der Waals surface area contributed by atoms with E-state index in [9.17, 15) is 9.59 Å². The summed E-state index contributed by atoms with van der Waals surface area (Å²) < 4.78 is 10.1. The van der Waals surface area contributed by atoms with Crippen molar-refractivity contribution in [2.24, 2.45) is 5.92 Å². The number of aryl methyl sites for hydroxylation is 1. The number of ether oxygens (including phenoxy) is 1. The van der Waals surface area contributed by atoms with Gasteiger partial charge in [-0.1, -0.05) is 47.1 Å². The predicted molar refractivity (Wildman–Crippen MR) is 92.7 cm³/mol. The molecule has 1 amide bonds. The third-order valence-electron chi connectivity index (χ3n) is 4.03. The number of esters is 1. The first-order valence-corrected chi connectivity index (χ1v) is 8.26. The molecule has 0 bridgehead atoms. The smallest absolute Gasteiger partial charge is 0.306 e. The highest BCUT2D eigenvalue weighted by Crippen LogP contribution is 2.22. The summed E-state index contributed by atoms with van der Waals surface area (Å²) in [7, 11) is 0. The van der Waals surface area contributed by atoms with Gasteiger partial charge in [-0.3, -0.25) is 14.9 Å². The molecule has 25 heavy (non-hydrogen) atoms. The average Bonchev–Trinajstić information content (AvgIpc) is 3.26. The Hall–Kier alpha value is -2.89. The Morgan fingerprint density at radius 1 is 1.32 bits per heavy atom. The monoisotopic (exact) mass is 340 g/mol. The Bertz CT molecular complexity index is 777. The lowest BCUT2D eigenvalue weighted by molar-refractivity contribution is -0.147. The van der Waals surface area contributed by atoms with Crippen LogP contribution >= 0.6 is 0 Å². The van der Waals surface area contributed by atoms with E-state index in [1.165, 1.54) is 0 Å². The minimum absolute atomic E-state index is 0.218. The van der Waals surface area contributed by atoms with E-state index in [4.69, 9.17) is 9.26 Å². The molecule has 1 aliphatic rings. The zero-order chi connectivity index (χ0) is 17.6. The maximum absolute atomic E-state index is 11.9. The molecule has 1 atom stereocenters. The molecule has 1 heterocycles. The number of hydrogen-bond donors (Lipinski definition) is 1. The first-order valence-electron chi connectivity index (χ1n) is 8.26. The van der Waals surface area contributed by atoms with Gasteiger partial charge in [0.2, 0.25) is 5.88 Å². The number of carbonyl (C=O) groups excluding carboxylic acids is 2. The number of hydrogen-bond acceptors (Lipinski definition) is 5. The van der Waals surface area contributed by atoms with Gasteiger partial charge in [0, 0.05) is 11.6 Å². The van der Waals surface area contributed by atoms with Crippen molar-refractivity contribution in [2.45, 2.75) is 26.2 Å². The summed E-state index contributed by atoms with van der Waals surface area (Å²) in [5.41, 5.74) is 2.67. The summed E-state index contributed by atoms with van der Waals surface area (Å²) in [6.45, 7) is 1.67. The van der Waals surface area contributed by atoms with Crippen LogP contribution in [0.25, 0.3) is 11.3 Å². The number of rotatable bonds is 6. The molecule has 6 heteroatoms. The van der Waals surface area contributed by atoms with Gasteiger partial charge in [-0.15, -0.1) is 0 Å². The largest absolute Gasteiger partial charge is 0.456 e. The van der Waals surface area contributed by atoms with Crippen LogP contribution in [0, 0.1) is 12.8 Å². The molecule has 6 nitrogen and oxygen atoms in total. The minimum atomic E-state index is -0.457. The van der Waals surface area contributed by atoms with Crippen LogP contribution in [0.15, 0.2) is 47.0 Å². The molecule has 0 saturated carbocycles. The molecule has 0 fully saturated rings. The van der Waals surface area contributed by atoms with Crippen molar-refractivity contribution >= 4 is 17.8 Å². The van der Waals surface area contributed by atoms with Crippen molar-refractivity contribution in [2.75, 3.05) is 11.9 Å². The highest BCUT2D eigenvalue weighted by atomic mass is 16.5. The van der Waals surface area contributed by atoms with Gasteiger partial charge in [0.15, 0.2) is 6.61 Å². The van der Waals surface area contributed by atoms with Crippen molar-refractivity contribution in [1.29, 1.82) is 0 Å². The molecular formula is C19H20N2O4. The van der Waals surface area contributed by atoms with Crippen LogP contribution in [0.4, 0.5) is 5.88 Å². The maximum Gasteiger partial charge on any atom is 0.306 e. The number of nitrogens with one attached hydrogen (secondary N) is 1. The van der Waals surface area contributed by atoms with E-state index in [0.717, 1.165) is 24.0 Å². The molecule has 130 valence electrons. The van der Waals surface area contributed by atoms with Gasteiger partial charge in [0.1, 0.15) is 5.69 Å². The number of carbonyl (C=O) groups is 2. The van der Waals surface area contributed by atoms with Crippen molar-refractivity contribution < 1.29 is 18.8 Å². The number of allylic oxidation sites excluding steroid dienone is 2. The van der Waals surface area contributed by atoms with Crippen molar-refractivity contribution in [3.63, 3.8) is 0 Å². The first kappa shape index (κ1) is 17.0. The third kappa shape index (κ3) is 4.79. The van der Waals surface area contributed by atoms with Crippen LogP contribution < -0.4 is 5.32 Å². The molecule has 0 aliphatic heterocycles. The number of amides is 1. The zero-order valence-corrected chi connectivity index (χ0v) is 14.0. The Balaban J connectivity index is 1.47. The van der Waals surface area contributed by atoms with E-state index in [0.29, 0.717) is 12.1 Å². The molecule has 0 saturated heterocycles. The van der Waals surface area contributed by atoms with Gasteiger partial charge in [-0.05, 0) is 25.7 Å². The molecule has 0 unspecified atom stereocenters. The Kier molecular flexibility index (Phi) is 5.28. The van der Waals surface area contributed by atoms with Crippen LogP contribution in [0.1, 0.15) is 24.8 Å². The lowest BCUT2D eigenvalue weighted by atomic mass is 10.1. The second kappa shape index (κ2) is 7.79. The lowest BCUT2D eigenvalue weighted by Crippen LogP contribution is -2.21. The molecule has 3 rings (SSSR count). The molecule has 0 radical (unpaired) electrons. The fourth-order valence-corrected chi connectivity index (χ4v) is 2.65. The number of benzene rings is 1. The standard InChI is InChI=1S/C19H20N2O4/c1-13-6-8-15(9-7-13)16-11-18(25-21-16)20-17(22)12-24-19(23)10-14-4-2-3-5-14/h2,4,6-9,11,14H,3,5,10,12H2,1H3,(H,20,22)/t14-/m1/s1. The van der Waals surface area contributed by atoms with E-state index in [1.54, 1.807) is 6.07 Å². The molecule has 1 aromatic heterocycles. The second-order valence-electron chi connectivity index (χ2n) is 6.12. The van der Waals surface area contributed by atoms with Crippen LogP contribution in [-0.2, 0) is 14.3 Å². The number of nitrogens with zero attached hydrogens (tertiary/aromatic N) is 1. The van der Waals surface area contributed by atoms with Crippen LogP contribution in [0.3, 0.4) is 0 Å². The molecular weight excluding hydrogens is 320 g/mol. The molecule has 1 N–H and O–H groups in total.